The zero-order valence-corrected chi connectivity index (χ0v) is 11.2. The molecule has 2 rings (SSSR count). The molecule has 0 saturated carbocycles. The monoisotopic (exact) mass is 283 g/mol. The quantitative estimate of drug-likeness (QED) is 0.934. The lowest BCUT2D eigenvalue weighted by Gasteiger charge is -2.09. The summed E-state index contributed by atoms with van der Waals surface area (Å²) in [6.07, 6.45) is 3.21. The molecule has 0 aromatic carbocycles. The number of pyridine rings is 2. The van der Waals surface area contributed by atoms with Gasteiger partial charge in [0.25, 0.3) is 0 Å². The van der Waals surface area contributed by atoms with E-state index in [-0.39, 0.29) is 0 Å². The molecule has 0 saturated heterocycles. The van der Waals surface area contributed by atoms with Crippen LogP contribution in [0, 0.1) is 0 Å². The summed E-state index contributed by atoms with van der Waals surface area (Å²) >= 11 is 11.8. The third-order valence-electron chi connectivity index (χ3n) is 2.30. The molecule has 0 aliphatic carbocycles. The van der Waals surface area contributed by atoms with E-state index in [1.165, 1.54) is 6.20 Å². The van der Waals surface area contributed by atoms with Gasteiger partial charge in [0.1, 0.15) is 5.82 Å². The highest BCUT2D eigenvalue weighted by atomic mass is 35.5. The van der Waals surface area contributed by atoms with E-state index in [9.17, 15) is 0 Å². The fraction of sp³-hybridized carbons (Fsp3) is 0.167. The maximum absolute atomic E-state index is 6.01. The molecule has 0 bridgehead atoms. The third-order valence-corrected chi connectivity index (χ3v) is 2.79. The Morgan fingerprint density at radius 3 is 2.89 bits per heavy atom. The van der Waals surface area contributed by atoms with Crippen LogP contribution in [-0.2, 0) is 6.54 Å². The topological polar surface area (TPSA) is 47.0 Å². The van der Waals surface area contributed by atoms with E-state index in [1.54, 1.807) is 19.4 Å². The van der Waals surface area contributed by atoms with Gasteiger partial charge in [-0.1, -0.05) is 29.3 Å². The van der Waals surface area contributed by atoms with Crippen LogP contribution in [0.2, 0.25) is 10.0 Å². The van der Waals surface area contributed by atoms with Crippen LogP contribution in [0.1, 0.15) is 5.56 Å². The molecule has 2 aromatic heterocycles. The van der Waals surface area contributed by atoms with Gasteiger partial charge < -0.3 is 10.1 Å². The Hall–Kier alpha value is -1.52. The highest BCUT2D eigenvalue weighted by Crippen LogP contribution is 2.23. The standard InChI is InChI=1S/C12H11Cl2N3O/c1-18-12-8(3-2-4-15-12)6-16-11-10(14)5-9(13)7-17-11/h2-5,7H,6H2,1H3,(H,16,17). The van der Waals surface area contributed by atoms with E-state index in [0.717, 1.165) is 5.56 Å². The fourth-order valence-corrected chi connectivity index (χ4v) is 1.91. The number of nitrogens with one attached hydrogen (secondary N) is 1. The van der Waals surface area contributed by atoms with Crippen LogP contribution in [0.3, 0.4) is 0 Å². The lowest BCUT2D eigenvalue weighted by atomic mass is 10.2. The van der Waals surface area contributed by atoms with E-state index in [1.807, 2.05) is 12.1 Å². The number of aromatic nitrogens is 2. The third kappa shape index (κ3) is 3.03. The molecule has 0 aliphatic heterocycles. The molecule has 18 heavy (non-hydrogen) atoms. The minimum atomic E-state index is 0.477. The second-order valence-corrected chi connectivity index (χ2v) is 4.35. The van der Waals surface area contributed by atoms with Gasteiger partial charge in [0, 0.05) is 24.5 Å². The molecule has 0 fully saturated rings. The first-order valence-electron chi connectivity index (χ1n) is 5.23. The van der Waals surface area contributed by atoms with Crippen molar-refractivity contribution in [1.82, 2.24) is 9.97 Å². The SMILES string of the molecule is COc1ncccc1CNc1ncc(Cl)cc1Cl. The van der Waals surface area contributed by atoms with Crippen LogP contribution in [0.25, 0.3) is 0 Å². The predicted octanol–water partition coefficient (Wildman–Crippen LogP) is 3.40. The van der Waals surface area contributed by atoms with Crippen molar-refractivity contribution < 1.29 is 4.74 Å². The van der Waals surface area contributed by atoms with Gasteiger partial charge >= 0.3 is 0 Å². The minimum absolute atomic E-state index is 0.477. The van der Waals surface area contributed by atoms with Crippen molar-refractivity contribution in [3.05, 3.63) is 46.2 Å². The summed E-state index contributed by atoms with van der Waals surface area (Å²) in [4.78, 5) is 8.22. The zero-order chi connectivity index (χ0) is 13.0. The summed E-state index contributed by atoms with van der Waals surface area (Å²) in [5.74, 6) is 1.15. The van der Waals surface area contributed by atoms with Gasteiger partial charge in [-0.25, -0.2) is 9.97 Å². The van der Waals surface area contributed by atoms with Gasteiger partial charge in [-0.3, -0.25) is 0 Å². The molecule has 2 aromatic rings. The average molecular weight is 284 g/mol. The van der Waals surface area contributed by atoms with Crippen molar-refractivity contribution in [3.63, 3.8) is 0 Å². The molecule has 6 heteroatoms. The number of methoxy groups -OCH3 is 1. The Bertz CT molecular complexity index is 549. The van der Waals surface area contributed by atoms with Gasteiger partial charge in [0.15, 0.2) is 0 Å². The number of anilines is 1. The van der Waals surface area contributed by atoms with E-state index in [0.29, 0.717) is 28.3 Å². The van der Waals surface area contributed by atoms with E-state index < -0.39 is 0 Å². The van der Waals surface area contributed by atoms with Crippen LogP contribution in [-0.4, -0.2) is 17.1 Å². The Morgan fingerprint density at radius 2 is 2.17 bits per heavy atom. The van der Waals surface area contributed by atoms with Crippen molar-refractivity contribution >= 4 is 29.0 Å². The van der Waals surface area contributed by atoms with Crippen molar-refractivity contribution in [2.45, 2.75) is 6.54 Å². The molecule has 0 radical (unpaired) electrons. The number of nitrogens with zero attached hydrogens (tertiary/aromatic N) is 2. The summed E-state index contributed by atoms with van der Waals surface area (Å²) in [6.45, 7) is 0.519. The molecule has 0 spiro atoms. The zero-order valence-electron chi connectivity index (χ0n) is 9.65. The summed E-state index contributed by atoms with van der Waals surface area (Å²) in [7, 11) is 1.58. The fourth-order valence-electron chi connectivity index (χ4n) is 1.47. The van der Waals surface area contributed by atoms with Gasteiger partial charge in [0.2, 0.25) is 5.88 Å². The van der Waals surface area contributed by atoms with Crippen LogP contribution in [0.15, 0.2) is 30.6 Å². The molecule has 0 atom stereocenters. The second-order valence-electron chi connectivity index (χ2n) is 3.51. The van der Waals surface area contributed by atoms with Crippen LogP contribution in [0.5, 0.6) is 5.88 Å². The van der Waals surface area contributed by atoms with Crippen LogP contribution >= 0.6 is 23.2 Å². The van der Waals surface area contributed by atoms with Gasteiger partial charge in [-0.2, -0.15) is 0 Å². The molecular weight excluding hydrogens is 273 g/mol. The number of ether oxygens (including phenoxy) is 1. The van der Waals surface area contributed by atoms with E-state index in [2.05, 4.69) is 15.3 Å². The number of hydrogen-bond donors (Lipinski definition) is 1. The Morgan fingerprint density at radius 1 is 1.33 bits per heavy atom. The van der Waals surface area contributed by atoms with Crippen LogP contribution < -0.4 is 10.1 Å². The number of halogens is 2. The highest BCUT2D eigenvalue weighted by molar-refractivity contribution is 6.35. The molecule has 94 valence electrons. The van der Waals surface area contributed by atoms with Crippen molar-refractivity contribution in [2.75, 3.05) is 12.4 Å². The number of hydrogen-bond acceptors (Lipinski definition) is 4. The first-order chi connectivity index (χ1) is 8.70. The smallest absolute Gasteiger partial charge is 0.218 e. The Balaban J connectivity index is 2.11. The van der Waals surface area contributed by atoms with Crippen LogP contribution in [0.4, 0.5) is 5.82 Å². The van der Waals surface area contributed by atoms with Gasteiger partial charge in [-0.15, -0.1) is 0 Å². The maximum Gasteiger partial charge on any atom is 0.218 e. The lowest BCUT2D eigenvalue weighted by Crippen LogP contribution is -2.04. The van der Waals surface area contributed by atoms with E-state index >= 15 is 0 Å². The first-order valence-corrected chi connectivity index (χ1v) is 5.99. The minimum Gasteiger partial charge on any atom is -0.481 e. The Labute approximate surface area is 115 Å². The van der Waals surface area contributed by atoms with Gasteiger partial charge in [-0.05, 0) is 12.1 Å². The summed E-state index contributed by atoms with van der Waals surface area (Å²) in [6, 6.07) is 5.40. The van der Waals surface area contributed by atoms with Crippen molar-refractivity contribution in [2.24, 2.45) is 0 Å². The maximum atomic E-state index is 6.01. The molecule has 2 heterocycles. The largest absolute Gasteiger partial charge is 0.481 e. The Kier molecular flexibility index (Phi) is 4.23. The number of rotatable bonds is 4. The summed E-state index contributed by atoms with van der Waals surface area (Å²) < 4.78 is 5.16. The van der Waals surface area contributed by atoms with E-state index in [4.69, 9.17) is 27.9 Å². The summed E-state index contributed by atoms with van der Waals surface area (Å²) in [5, 5.41) is 4.09. The summed E-state index contributed by atoms with van der Waals surface area (Å²) in [5.41, 5.74) is 0.924. The molecule has 1 N–H and O–H groups in total. The second kappa shape index (κ2) is 5.89. The van der Waals surface area contributed by atoms with Crippen molar-refractivity contribution in [3.8, 4) is 5.88 Å². The molecule has 0 unspecified atom stereocenters. The molecular formula is C12H11Cl2N3O. The van der Waals surface area contributed by atoms with Crippen molar-refractivity contribution in [1.29, 1.82) is 0 Å². The molecule has 4 nitrogen and oxygen atoms in total. The first kappa shape index (κ1) is 12.9. The average Bonchev–Trinajstić information content (AvgIpc) is 2.38. The van der Waals surface area contributed by atoms with Gasteiger partial charge in [0.05, 0.1) is 17.2 Å². The highest BCUT2D eigenvalue weighted by Gasteiger charge is 2.06. The normalized spacial score (nSPS) is 10.2. The molecule has 0 amide bonds. The predicted molar refractivity (Wildman–Crippen MR) is 72.4 cm³/mol. The lowest BCUT2D eigenvalue weighted by molar-refractivity contribution is 0.393. The molecule has 0 aliphatic rings.